The molecule has 0 saturated carbocycles. The van der Waals surface area contributed by atoms with Gasteiger partial charge in [0.25, 0.3) is 5.56 Å². The van der Waals surface area contributed by atoms with Gasteiger partial charge in [-0.1, -0.05) is 61.6 Å². The van der Waals surface area contributed by atoms with E-state index < -0.39 is 12.0 Å². The van der Waals surface area contributed by atoms with Crippen molar-refractivity contribution in [2.45, 2.75) is 39.7 Å². The molecule has 176 valence electrons. The highest BCUT2D eigenvalue weighted by atomic mass is 32.1. The number of benzene rings is 2. The Morgan fingerprint density at radius 1 is 1.15 bits per heavy atom. The molecular weight excluding hydrogens is 448 g/mol. The highest BCUT2D eigenvalue weighted by Crippen LogP contribution is 2.31. The number of aromatic nitrogens is 1. The zero-order valence-electron chi connectivity index (χ0n) is 20.0. The molecule has 2 heterocycles. The van der Waals surface area contributed by atoms with Gasteiger partial charge >= 0.3 is 5.97 Å². The van der Waals surface area contributed by atoms with Gasteiger partial charge in [0.1, 0.15) is 5.75 Å². The van der Waals surface area contributed by atoms with Crippen molar-refractivity contribution in [2.75, 3.05) is 13.7 Å². The molecule has 0 N–H and O–H groups in total. The number of carbonyl (C=O) groups is 1. The summed E-state index contributed by atoms with van der Waals surface area (Å²) >= 11 is 1.32. The van der Waals surface area contributed by atoms with Crippen LogP contribution in [0.3, 0.4) is 0 Å². The molecule has 4 rings (SSSR count). The standard InChI is InChI=1S/C27H28N2O4S/c1-6-33-26(31)23-17(4)28-27-29(24(23)20-11-13-21(32-5)14-12-20)25(30)22(34-27)15-18-7-9-19(10-8-18)16(2)3/h7-16,24H,6H2,1-5H3/b22-15-/t24-/m0/s1. The van der Waals surface area contributed by atoms with E-state index in [1.807, 2.05) is 42.5 Å². The van der Waals surface area contributed by atoms with Gasteiger partial charge in [0, 0.05) is 0 Å². The molecule has 1 atom stereocenters. The van der Waals surface area contributed by atoms with E-state index in [1.54, 1.807) is 25.5 Å². The van der Waals surface area contributed by atoms with Crippen LogP contribution in [0, 0.1) is 0 Å². The maximum Gasteiger partial charge on any atom is 0.338 e. The fourth-order valence-electron chi connectivity index (χ4n) is 4.02. The van der Waals surface area contributed by atoms with Crippen molar-refractivity contribution in [3.05, 3.63) is 96.2 Å². The van der Waals surface area contributed by atoms with Crippen LogP contribution in [0.2, 0.25) is 0 Å². The van der Waals surface area contributed by atoms with Crippen molar-refractivity contribution in [2.24, 2.45) is 4.99 Å². The number of fused-ring (bicyclic) bond motifs is 1. The first kappa shape index (κ1) is 23.7. The third-order valence-corrected chi connectivity index (χ3v) is 6.83. The number of allylic oxidation sites excluding steroid dienone is 1. The molecule has 1 aromatic heterocycles. The molecule has 0 aliphatic carbocycles. The summed E-state index contributed by atoms with van der Waals surface area (Å²) < 4.78 is 12.8. The Hall–Kier alpha value is -3.45. The number of ether oxygens (including phenoxy) is 2. The van der Waals surface area contributed by atoms with E-state index in [9.17, 15) is 9.59 Å². The normalized spacial score (nSPS) is 15.8. The average Bonchev–Trinajstić information content (AvgIpc) is 3.13. The highest BCUT2D eigenvalue weighted by molar-refractivity contribution is 7.07. The maximum atomic E-state index is 13.6. The summed E-state index contributed by atoms with van der Waals surface area (Å²) in [6.45, 7) is 8.08. The predicted octanol–water partition coefficient (Wildman–Crippen LogP) is 3.93. The van der Waals surface area contributed by atoms with Crippen LogP contribution in [0.1, 0.15) is 56.3 Å². The summed E-state index contributed by atoms with van der Waals surface area (Å²) in [7, 11) is 1.60. The molecule has 0 fully saturated rings. The van der Waals surface area contributed by atoms with Gasteiger partial charge in [-0.15, -0.1) is 0 Å². The van der Waals surface area contributed by atoms with Gasteiger partial charge in [-0.2, -0.15) is 0 Å². The molecule has 0 unspecified atom stereocenters. The number of methoxy groups -OCH3 is 1. The predicted molar refractivity (Wildman–Crippen MR) is 134 cm³/mol. The van der Waals surface area contributed by atoms with Gasteiger partial charge < -0.3 is 9.47 Å². The Bertz CT molecular complexity index is 1410. The van der Waals surface area contributed by atoms with Crippen LogP contribution < -0.4 is 19.6 Å². The molecule has 0 spiro atoms. The van der Waals surface area contributed by atoms with Crippen LogP contribution in [0.5, 0.6) is 5.75 Å². The lowest BCUT2D eigenvalue weighted by Crippen LogP contribution is -2.39. The van der Waals surface area contributed by atoms with E-state index in [0.29, 0.717) is 32.3 Å². The van der Waals surface area contributed by atoms with Crippen LogP contribution >= 0.6 is 11.3 Å². The molecule has 0 amide bonds. The van der Waals surface area contributed by atoms with Crippen molar-refractivity contribution >= 4 is 23.4 Å². The SMILES string of the molecule is CCOC(=O)C1=C(C)N=c2s/c(=C\c3ccc(C(C)C)cc3)c(=O)n2[C@H]1c1ccc(OC)cc1. The zero-order valence-corrected chi connectivity index (χ0v) is 20.8. The quantitative estimate of drug-likeness (QED) is 0.506. The first-order valence-electron chi connectivity index (χ1n) is 11.3. The summed E-state index contributed by atoms with van der Waals surface area (Å²) in [6.07, 6.45) is 1.88. The van der Waals surface area contributed by atoms with Crippen LogP contribution in [0.25, 0.3) is 6.08 Å². The zero-order chi connectivity index (χ0) is 24.4. The van der Waals surface area contributed by atoms with Gasteiger partial charge in [-0.05, 0) is 54.7 Å². The summed E-state index contributed by atoms with van der Waals surface area (Å²) in [5.41, 5.74) is 3.70. The summed E-state index contributed by atoms with van der Waals surface area (Å²) in [5, 5.41) is 0. The van der Waals surface area contributed by atoms with E-state index >= 15 is 0 Å². The molecule has 34 heavy (non-hydrogen) atoms. The number of esters is 1. The van der Waals surface area contributed by atoms with Crippen molar-refractivity contribution < 1.29 is 14.3 Å². The Kier molecular flexibility index (Phi) is 6.84. The number of hydrogen-bond donors (Lipinski definition) is 0. The Morgan fingerprint density at radius 2 is 1.82 bits per heavy atom. The number of carbonyl (C=O) groups excluding carboxylic acids is 1. The van der Waals surface area contributed by atoms with Crippen LogP contribution in [0.15, 0.2) is 69.6 Å². The third kappa shape index (κ3) is 4.48. The number of nitrogens with zero attached hydrogens (tertiary/aromatic N) is 2. The topological polar surface area (TPSA) is 69.9 Å². The Morgan fingerprint density at radius 3 is 2.41 bits per heavy atom. The van der Waals surface area contributed by atoms with Gasteiger partial charge in [-0.3, -0.25) is 9.36 Å². The van der Waals surface area contributed by atoms with Gasteiger partial charge in [-0.25, -0.2) is 9.79 Å². The first-order chi connectivity index (χ1) is 16.3. The molecule has 0 radical (unpaired) electrons. The van der Waals surface area contributed by atoms with E-state index in [2.05, 4.69) is 31.0 Å². The Labute approximate surface area is 202 Å². The summed E-state index contributed by atoms with van der Waals surface area (Å²) in [5.74, 6) is 0.663. The second-order valence-electron chi connectivity index (χ2n) is 8.40. The fraction of sp³-hybridized carbons (Fsp3) is 0.296. The molecule has 0 saturated heterocycles. The number of rotatable bonds is 6. The highest BCUT2D eigenvalue weighted by Gasteiger charge is 2.33. The third-order valence-electron chi connectivity index (χ3n) is 5.85. The number of thiazole rings is 1. The van der Waals surface area contributed by atoms with E-state index in [0.717, 1.165) is 11.1 Å². The minimum absolute atomic E-state index is 0.188. The summed E-state index contributed by atoms with van der Waals surface area (Å²) in [4.78, 5) is 31.7. The van der Waals surface area contributed by atoms with Gasteiger partial charge in [0.2, 0.25) is 0 Å². The lowest BCUT2D eigenvalue weighted by atomic mass is 9.96. The minimum atomic E-state index is -0.633. The van der Waals surface area contributed by atoms with Crippen molar-refractivity contribution in [3.63, 3.8) is 0 Å². The van der Waals surface area contributed by atoms with Crippen molar-refractivity contribution in [3.8, 4) is 5.75 Å². The summed E-state index contributed by atoms with van der Waals surface area (Å²) in [6, 6.07) is 14.9. The lowest BCUT2D eigenvalue weighted by molar-refractivity contribution is -0.139. The second kappa shape index (κ2) is 9.81. The number of hydrogen-bond acceptors (Lipinski definition) is 6. The molecule has 2 aromatic carbocycles. The molecule has 1 aliphatic heterocycles. The van der Waals surface area contributed by atoms with E-state index in [-0.39, 0.29) is 12.2 Å². The lowest BCUT2D eigenvalue weighted by Gasteiger charge is -2.24. The first-order valence-corrected chi connectivity index (χ1v) is 12.1. The van der Waals surface area contributed by atoms with E-state index in [4.69, 9.17) is 9.47 Å². The van der Waals surface area contributed by atoms with E-state index in [1.165, 1.54) is 16.9 Å². The van der Waals surface area contributed by atoms with Crippen molar-refractivity contribution in [1.29, 1.82) is 0 Å². The molecule has 0 bridgehead atoms. The molecule has 3 aromatic rings. The Balaban J connectivity index is 1.89. The minimum Gasteiger partial charge on any atom is -0.497 e. The molecule has 7 heteroatoms. The fourth-order valence-corrected chi connectivity index (χ4v) is 5.07. The smallest absolute Gasteiger partial charge is 0.338 e. The van der Waals surface area contributed by atoms with Crippen LogP contribution in [0.4, 0.5) is 0 Å². The second-order valence-corrected chi connectivity index (χ2v) is 9.41. The van der Waals surface area contributed by atoms with Gasteiger partial charge in [0.15, 0.2) is 4.80 Å². The monoisotopic (exact) mass is 476 g/mol. The maximum absolute atomic E-state index is 13.6. The molecule has 6 nitrogen and oxygen atoms in total. The van der Waals surface area contributed by atoms with Gasteiger partial charge in [0.05, 0.1) is 35.6 Å². The van der Waals surface area contributed by atoms with Crippen molar-refractivity contribution in [1.82, 2.24) is 4.57 Å². The average molecular weight is 477 g/mol. The van der Waals surface area contributed by atoms with Crippen LogP contribution in [-0.4, -0.2) is 24.3 Å². The van der Waals surface area contributed by atoms with Crippen LogP contribution in [-0.2, 0) is 9.53 Å². The molecule has 1 aliphatic rings. The molecular formula is C27H28N2O4S. The largest absolute Gasteiger partial charge is 0.497 e.